The van der Waals surface area contributed by atoms with Gasteiger partial charge in [0.05, 0.1) is 5.02 Å². The Labute approximate surface area is 99.8 Å². The second-order valence-electron chi connectivity index (χ2n) is 4.54. The molecule has 2 heterocycles. The first-order valence-corrected chi connectivity index (χ1v) is 7.09. The molecule has 82 valence electrons. The van der Waals surface area contributed by atoms with Gasteiger partial charge in [-0.1, -0.05) is 18.0 Å². The summed E-state index contributed by atoms with van der Waals surface area (Å²) in [6.07, 6.45) is 7.69. The van der Waals surface area contributed by atoms with Crippen molar-refractivity contribution in [1.82, 2.24) is 5.32 Å². The maximum absolute atomic E-state index is 6.47. The summed E-state index contributed by atoms with van der Waals surface area (Å²) in [5.41, 5.74) is 1.46. The third-order valence-electron chi connectivity index (χ3n) is 3.51. The molecule has 1 atom stereocenters. The van der Waals surface area contributed by atoms with Gasteiger partial charge < -0.3 is 5.32 Å². The monoisotopic (exact) mass is 241 g/mol. The Morgan fingerprint density at radius 3 is 2.87 bits per heavy atom. The predicted molar refractivity (Wildman–Crippen MR) is 65.9 cm³/mol. The van der Waals surface area contributed by atoms with Crippen LogP contribution in [-0.4, -0.2) is 6.54 Å². The highest BCUT2D eigenvalue weighted by molar-refractivity contribution is 7.13. The van der Waals surface area contributed by atoms with Gasteiger partial charge in [-0.3, -0.25) is 0 Å². The number of fused-ring (bicyclic) bond motifs is 1. The molecule has 2 aliphatic rings. The molecule has 1 aliphatic carbocycles. The summed E-state index contributed by atoms with van der Waals surface area (Å²) >= 11 is 8.43. The van der Waals surface area contributed by atoms with E-state index in [1.54, 1.807) is 4.88 Å². The number of hydrogen-bond donors (Lipinski definition) is 1. The van der Waals surface area contributed by atoms with Crippen LogP contribution in [0.3, 0.4) is 0 Å². The molecule has 1 N–H and O–H groups in total. The van der Waals surface area contributed by atoms with Crippen LogP contribution in [-0.2, 0) is 12.8 Å². The van der Waals surface area contributed by atoms with Crippen molar-refractivity contribution < 1.29 is 0 Å². The average Bonchev–Trinajstić information content (AvgIpc) is 2.83. The van der Waals surface area contributed by atoms with Gasteiger partial charge >= 0.3 is 0 Å². The van der Waals surface area contributed by atoms with E-state index in [1.807, 2.05) is 11.3 Å². The van der Waals surface area contributed by atoms with Crippen LogP contribution in [0.25, 0.3) is 0 Å². The molecule has 1 aromatic heterocycles. The first kappa shape index (κ1) is 10.1. The first-order valence-electron chi connectivity index (χ1n) is 5.89. The Kier molecular flexibility index (Phi) is 2.75. The second-order valence-corrected chi connectivity index (χ2v) is 6.05. The molecule has 0 saturated carbocycles. The van der Waals surface area contributed by atoms with E-state index in [4.69, 9.17) is 11.6 Å². The van der Waals surface area contributed by atoms with Crippen molar-refractivity contribution in [2.45, 2.75) is 44.6 Å². The second kappa shape index (κ2) is 4.08. The van der Waals surface area contributed by atoms with Crippen LogP contribution in [0.5, 0.6) is 0 Å². The van der Waals surface area contributed by atoms with Gasteiger partial charge in [0.25, 0.3) is 0 Å². The molecule has 1 aliphatic heterocycles. The molecule has 1 saturated heterocycles. The number of halogens is 1. The van der Waals surface area contributed by atoms with E-state index in [9.17, 15) is 0 Å². The van der Waals surface area contributed by atoms with Gasteiger partial charge in [-0.05, 0) is 44.2 Å². The zero-order valence-corrected chi connectivity index (χ0v) is 10.4. The Bertz CT molecular complexity index is 366. The smallest absolute Gasteiger partial charge is 0.0596 e. The van der Waals surface area contributed by atoms with E-state index in [0.29, 0.717) is 6.04 Å². The van der Waals surface area contributed by atoms with Crippen LogP contribution >= 0.6 is 22.9 Å². The predicted octanol–water partition coefficient (Wildman–Crippen LogP) is 3.70. The fourth-order valence-electron chi connectivity index (χ4n) is 2.69. The van der Waals surface area contributed by atoms with E-state index in [2.05, 4.69) is 5.32 Å². The minimum Gasteiger partial charge on any atom is -0.309 e. The lowest BCUT2D eigenvalue weighted by atomic mass is 10.0. The Morgan fingerprint density at radius 2 is 2.13 bits per heavy atom. The van der Waals surface area contributed by atoms with Crippen molar-refractivity contribution in [3.63, 3.8) is 0 Å². The van der Waals surface area contributed by atoms with E-state index < -0.39 is 0 Å². The van der Waals surface area contributed by atoms with E-state index in [-0.39, 0.29) is 0 Å². The molecular weight excluding hydrogens is 226 g/mol. The number of hydrogen-bond acceptors (Lipinski definition) is 2. The van der Waals surface area contributed by atoms with Crippen molar-refractivity contribution in [2.24, 2.45) is 0 Å². The van der Waals surface area contributed by atoms with Gasteiger partial charge in [0.15, 0.2) is 0 Å². The van der Waals surface area contributed by atoms with Crippen LogP contribution in [0.15, 0.2) is 0 Å². The van der Waals surface area contributed by atoms with Crippen molar-refractivity contribution in [1.29, 1.82) is 0 Å². The molecule has 3 rings (SSSR count). The number of nitrogens with one attached hydrogen (secondary N) is 1. The molecule has 0 amide bonds. The summed E-state index contributed by atoms with van der Waals surface area (Å²) < 4.78 is 0. The lowest BCUT2D eigenvalue weighted by Gasteiger charge is -2.22. The van der Waals surface area contributed by atoms with Gasteiger partial charge in [0.2, 0.25) is 0 Å². The minimum absolute atomic E-state index is 0.543. The van der Waals surface area contributed by atoms with Crippen LogP contribution in [0.4, 0.5) is 0 Å². The van der Waals surface area contributed by atoms with Gasteiger partial charge in [-0.25, -0.2) is 0 Å². The average molecular weight is 242 g/mol. The summed E-state index contributed by atoms with van der Waals surface area (Å²) in [5.74, 6) is 0. The third kappa shape index (κ3) is 1.73. The van der Waals surface area contributed by atoms with Crippen LogP contribution < -0.4 is 5.32 Å². The van der Waals surface area contributed by atoms with Crippen molar-refractivity contribution in [2.75, 3.05) is 6.54 Å². The highest BCUT2D eigenvalue weighted by Gasteiger charge is 2.26. The largest absolute Gasteiger partial charge is 0.309 e. The van der Waals surface area contributed by atoms with Crippen molar-refractivity contribution >= 4 is 22.9 Å². The van der Waals surface area contributed by atoms with Crippen molar-refractivity contribution in [3.8, 4) is 0 Å². The normalized spacial score (nSPS) is 25.5. The maximum atomic E-state index is 6.47. The van der Waals surface area contributed by atoms with Gasteiger partial charge in [-0.15, -0.1) is 11.3 Å². The molecule has 1 aromatic rings. The number of thiophene rings is 1. The topological polar surface area (TPSA) is 12.0 Å². The fraction of sp³-hybridized carbons (Fsp3) is 0.667. The van der Waals surface area contributed by atoms with Gasteiger partial charge in [-0.2, -0.15) is 0 Å². The molecule has 1 unspecified atom stereocenters. The molecular formula is C12H16ClNS. The SMILES string of the molecule is Clc1c(C2CCCCN2)sc2c1CCC2. The summed E-state index contributed by atoms with van der Waals surface area (Å²) in [6.45, 7) is 1.16. The van der Waals surface area contributed by atoms with Gasteiger partial charge in [0, 0.05) is 15.8 Å². The van der Waals surface area contributed by atoms with Crippen molar-refractivity contribution in [3.05, 3.63) is 20.3 Å². The van der Waals surface area contributed by atoms with Crippen LogP contribution in [0.1, 0.15) is 47.0 Å². The Balaban J connectivity index is 1.91. The number of piperidine rings is 1. The third-order valence-corrected chi connectivity index (χ3v) is 5.46. The standard InChI is InChI=1S/C12H16ClNS/c13-11-8-4-3-6-10(8)15-12(11)9-5-1-2-7-14-9/h9,14H,1-7H2. The molecule has 1 fully saturated rings. The van der Waals surface area contributed by atoms with E-state index in [0.717, 1.165) is 11.6 Å². The fourth-order valence-corrected chi connectivity index (χ4v) is 4.59. The Hall–Kier alpha value is -0.0500. The molecule has 15 heavy (non-hydrogen) atoms. The highest BCUT2D eigenvalue weighted by Crippen LogP contribution is 2.43. The summed E-state index contributed by atoms with van der Waals surface area (Å²) in [6, 6.07) is 0.543. The summed E-state index contributed by atoms with van der Waals surface area (Å²) in [5, 5.41) is 4.68. The quantitative estimate of drug-likeness (QED) is 0.791. The molecule has 0 radical (unpaired) electrons. The van der Waals surface area contributed by atoms with Gasteiger partial charge in [0.1, 0.15) is 0 Å². The van der Waals surface area contributed by atoms with Crippen LogP contribution in [0, 0.1) is 0 Å². The Morgan fingerprint density at radius 1 is 1.20 bits per heavy atom. The zero-order chi connectivity index (χ0) is 10.3. The highest BCUT2D eigenvalue weighted by atomic mass is 35.5. The zero-order valence-electron chi connectivity index (χ0n) is 8.81. The molecule has 0 bridgehead atoms. The first-order chi connectivity index (χ1) is 7.36. The minimum atomic E-state index is 0.543. The van der Waals surface area contributed by atoms with E-state index in [1.165, 1.54) is 49.0 Å². The lowest BCUT2D eigenvalue weighted by molar-refractivity contribution is 0.417. The molecule has 3 heteroatoms. The van der Waals surface area contributed by atoms with Crippen LogP contribution in [0.2, 0.25) is 5.02 Å². The molecule has 0 aromatic carbocycles. The van der Waals surface area contributed by atoms with E-state index >= 15 is 0 Å². The number of aryl methyl sites for hydroxylation is 1. The summed E-state index contributed by atoms with van der Waals surface area (Å²) in [7, 11) is 0. The lowest BCUT2D eigenvalue weighted by Crippen LogP contribution is -2.26. The maximum Gasteiger partial charge on any atom is 0.0596 e. The molecule has 1 nitrogen and oxygen atoms in total. The molecule has 0 spiro atoms. The number of rotatable bonds is 1. The summed E-state index contributed by atoms with van der Waals surface area (Å²) in [4.78, 5) is 2.98.